The SMILES string of the molecule is COc1ccc(NC(C)c2cc(Cl)ccc2Cl)cc1Br. The Labute approximate surface area is 137 Å². The van der Waals surface area contributed by atoms with Crippen molar-refractivity contribution in [2.24, 2.45) is 0 Å². The van der Waals surface area contributed by atoms with Crippen molar-refractivity contribution in [1.82, 2.24) is 0 Å². The van der Waals surface area contributed by atoms with E-state index in [9.17, 15) is 0 Å². The number of hydrogen-bond acceptors (Lipinski definition) is 2. The number of hydrogen-bond donors (Lipinski definition) is 1. The monoisotopic (exact) mass is 373 g/mol. The van der Waals surface area contributed by atoms with E-state index in [1.165, 1.54) is 0 Å². The summed E-state index contributed by atoms with van der Waals surface area (Å²) in [5.74, 6) is 0.795. The minimum Gasteiger partial charge on any atom is -0.496 e. The van der Waals surface area contributed by atoms with Gasteiger partial charge < -0.3 is 10.1 Å². The Kier molecular flexibility index (Phi) is 5.19. The van der Waals surface area contributed by atoms with Crippen molar-refractivity contribution in [3.8, 4) is 5.75 Å². The van der Waals surface area contributed by atoms with E-state index in [1.807, 2.05) is 31.2 Å². The van der Waals surface area contributed by atoms with E-state index in [1.54, 1.807) is 19.2 Å². The van der Waals surface area contributed by atoms with Gasteiger partial charge in [-0.05, 0) is 64.8 Å². The van der Waals surface area contributed by atoms with Gasteiger partial charge in [-0.25, -0.2) is 0 Å². The third kappa shape index (κ3) is 3.60. The number of methoxy groups -OCH3 is 1. The molecule has 5 heteroatoms. The van der Waals surface area contributed by atoms with E-state index in [0.717, 1.165) is 21.5 Å². The third-order valence-corrected chi connectivity index (χ3v) is 4.16. The number of nitrogens with one attached hydrogen (secondary N) is 1. The van der Waals surface area contributed by atoms with Gasteiger partial charge in [0, 0.05) is 15.7 Å². The molecule has 20 heavy (non-hydrogen) atoms. The number of halogens is 3. The largest absolute Gasteiger partial charge is 0.496 e. The highest BCUT2D eigenvalue weighted by Crippen LogP contribution is 2.32. The Hall–Kier alpha value is -0.900. The normalized spacial score (nSPS) is 12.1. The summed E-state index contributed by atoms with van der Waals surface area (Å²) in [5, 5.41) is 4.76. The van der Waals surface area contributed by atoms with Crippen LogP contribution in [0.4, 0.5) is 5.69 Å². The van der Waals surface area contributed by atoms with Gasteiger partial charge in [-0.15, -0.1) is 0 Å². The molecule has 2 aromatic rings. The summed E-state index contributed by atoms with van der Waals surface area (Å²) in [6, 6.07) is 11.3. The molecule has 2 nitrogen and oxygen atoms in total. The molecule has 1 unspecified atom stereocenters. The number of benzene rings is 2. The maximum absolute atomic E-state index is 6.21. The molecule has 2 rings (SSSR count). The number of ether oxygens (including phenoxy) is 1. The standard InChI is InChI=1S/C15H14BrCl2NO/c1-9(12-7-10(17)3-5-14(12)18)19-11-4-6-15(20-2)13(16)8-11/h3-9,19H,1-2H3. The first-order valence-electron chi connectivity index (χ1n) is 6.06. The Bertz CT molecular complexity index is 619. The average molecular weight is 375 g/mol. The van der Waals surface area contributed by atoms with E-state index in [-0.39, 0.29) is 6.04 Å². The zero-order valence-electron chi connectivity index (χ0n) is 11.1. The van der Waals surface area contributed by atoms with Gasteiger partial charge in [-0.1, -0.05) is 23.2 Å². The molecule has 106 valence electrons. The Morgan fingerprint density at radius 1 is 1.15 bits per heavy atom. The van der Waals surface area contributed by atoms with Crippen molar-refractivity contribution in [3.63, 3.8) is 0 Å². The summed E-state index contributed by atoms with van der Waals surface area (Å²) in [6.45, 7) is 2.04. The molecule has 2 aromatic carbocycles. The molecule has 0 aliphatic carbocycles. The van der Waals surface area contributed by atoms with Crippen molar-refractivity contribution in [3.05, 3.63) is 56.5 Å². The van der Waals surface area contributed by atoms with Crippen LogP contribution in [0.15, 0.2) is 40.9 Å². The van der Waals surface area contributed by atoms with Crippen LogP contribution in [-0.2, 0) is 0 Å². The van der Waals surface area contributed by atoms with Gasteiger partial charge in [-0.3, -0.25) is 0 Å². The summed E-state index contributed by atoms with van der Waals surface area (Å²) in [6.07, 6.45) is 0. The highest BCUT2D eigenvalue weighted by molar-refractivity contribution is 9.10. The van der Waals surface area contributed by atoms with Crippen LogP contribution in [0.25, 0.3) is 0 Å². The van der Waals surface area contributed by atoms with Crippen molar-refractivity contribution in [1.29, 1.82) is 0 Å². The van der Waals surface area contributed by atoms with Crippen LogP contribution >= 0.6 is 39.1 Å². The van der Waals surface area contributed by atoms with E-state index in [4.69, 9.17) is 27.9 Å². The molecule has 0 fully saturated rings. The van der Waals surface area contributed by atoms with Crippen LogP contribution in [0.5, 0.6) is 5.75 Å². The van der Waals surface area contributed by atoms with Gasteiger partial charge in [0.25, 0.3) is 0 Å². The first-order valence-corrected chi connectivity index (χ1v) is 7.61. The van der Waals surface area contributed by atoms with Crippen molar-refractivity contribution in [2.45, 2.75) is 13.0 Å². The van der Waals surface area contributed by atoms with Crippen LogP contribution in [0.3, 0.4) is 0 Å². The lowest BCUT2D eigenvalue weighted by Gasteiger charge is -2.18. The lowest BCUT2D eigenvalue weighted by Crippen LogP contribution is -2.07. The number of rotatable bonds is 4. The molecule has 1 atom stereocenters. The Morgan fingerprint density at radius 2 is 1.90 bits per heavy atom. The van der Waals surface area contributed by atoms with Crippen molar-refractivity contribution >= 4 is 44.8 Å². The molecule has 0 saturated carbocycles. The molecule has 0 saturated heterocycles. The fraction of sp³-hybridized carbons (Fsp3) is 0.200. The van der Waals surface area contributed by atoms with Gasteiger partial charge >= 0.3 is 0 Å². The van der Waals surface area contributed by atoms with Gasteiger partial charge in [0.1, 0.15) is 5.75 Å². The van der Waals surface area contributed by atoms with Crippen LogP contribution in [0.2, 0.25) is 10.0 Å². The Morgan fingerprint density at radius 3 is 2.55 bits per heavy atom. The second-order valence-corrected chi connectivity index (χ2v) is 6.08. The molecular formula is C15H14BrCl2NO. The summed E-state index contributed by atoms with van der Waals surface area (Å²) < 4.78 is 6.11. The zero-order valence-corrected chi connectivity index (χ0v) is 14.2. The van der Waals surface area contributed by atoms with E-state index in [0.29, 0.717) is 10.0 Å². The highest BCUT2D eigenvalue weighted by Gasteiger charge is 2.11. The van der Waals surface area contributed by atoms with E-state index < -0.39 is 0 Å². The summed E-state index contributed by atoms with van der Waals surface area (Å²) in [7, 11) is 1.64. The van der Waals surface area contributed by atoms with Crippen LogP contribution in [0, 0.1) is 0 Å². The lowest BCUT2D eigenvalue weighted by atomic mass is 10.1. The lowest BCUT2D eigenvalue weighted by molar-refractivity contribution is 0.412. The molecule has 0 amide bonds. The van der Waals surface area contributed by atoms with Crippen LogP contribution < -0.4 is 10.1 Å². The Balaban J connectivity index is 2.21. The van der Waals surface area contributed by atoms with Gasteiger partial charge in [0.05, 0.1) is 17.6 Å². The molecule has 0 bridgehead atoms. The maximum atomic E-state index is 6.21. The van der Waals surface area contributed by atoms with E-state index >= 15 is 0 Å². The van der Waals surface area contributed by atoms with E-state index in [2.05, 4.69) is 21.2 Å². The van der Waals surface area contributed by atoms with Crippen LogP contribution in [-0.4, -0.2) is 7.11 Å². The second-order valence-electron chi connectivity index (χ2n) is 4.38. The first kappa shape index (κ1) is 15.5. The van der Waals surface area contributed by atoms with Crippen molar-refractivity contribution in [2.75, 3.05) is 12.4 Å². The van der Waals surface area contributed by atoms with Gasteiger partial charge in [-0.2, -0.15) is 0 Å². The first-order chi connectivity index (χ1) is 9.51. The summed E-state index contributed by atoms with van der Waals surface area (Å²) >= 11 is 15.7. The van der Waals surface area contributed by atoms with Gasteiger partial charge in [0.2, 0.25) is 0 Å². The molecule has 0 spiro atoms. The predicted octanol–water partition coefficient (Wildman–Crippen LogP) is 5.94. The zero-order chi connectivity index (χ0) is 14.7. The minimum absolute atomic E-state index is 0.0431. The quantitative estimate of drug-likeness (QED) is 0.715. The summed E-state index contributed by atoms with van der Waals surface area (Å²) in [5.41, 5.74) is 1.94. The third-order valence-electron chi connectivity index (χ3n) is 2.96. The molecule has 0 radical (unpaired) electrons. The molecule has 1 N–H and O–H groups in total. The fourth-order valence-electron chi connectivity index (χ4n) is 1.93. The fourth-order valence-corrected chi connectivity index (χ4v) is 2.93. The molecule has 0 aliphatic rings. The molecular weight excluding hydrogens is 361 g/mol. The predicted molar refractivity (Wildman–Crippen MR) is 89.2 cm³/mol. The molecule has 0 aromatic heterocycles. The second kappa shape index (κ2) is 6.70. The maximum Gasteiger partial charge on any atom is 0.133 e. The smallest absolute Gasteiger partial charge is 0.133 e. The van der Waals surface area contributed by atoms with Crippen molar-refractivity contribution < 1.29 is 4.74 Å². The molecule has 0 heterocycles. The van der Waals surface area contributed by atoms with Gasteiger partial charge in [0.15, 0.2) is 0 Å². The highest BCUT2D eigenvalue weighted by atomic mass is 79.9. The number of anilines is 1. The minimum atomic E-state index is 0.0431. The average Bonchev–Trinajstić information content (AvgIpc) is 2.41. The molecule has 0 aliphatic heterocycles. The summed E-state index contributed by atoms with van der Waals surface area (Å²) in [4.78, 5) is 0. The topological polar surface area (TPSA) is 21.3 Å². The van der Waals surface area contributed by atoms with Crippen LogP contribution in [0.1, 0.15) is 18.5 Å².